The van der Waals surface area contributed by atoms with Gasteiger partial charge in [-0.1, -0.05) is 13.0 Å². The molecular formula is C12H19NO2S. The molecule has 4 heteroatoms. The Hall–Kier alpha value is -0.870. The van der Waals surface area contributed by atoms with Crippen molar-refractivity contribution in [3.63, 3.8) is 0 Å². The van der Waals surface area contributed by atoms with Gasteiger partial charge in [-0.15, -0.1) is 11.3 Å². The first-order valence-corrected chi connectivity index (χ1v) is 6.45. The molecule has 0 aliphatic carbocycles. The molecule has 0 spiro atoms. The van der Waals surface area contributed by atoms with E-state index >= 15 is 0 Å². The van der Waals surface area contributed by atoms with Crippen LogP contribution in [0.1, 0.15) is 18.2 Å². The van der Waals surface area contributed by atoms with E-state index in [1.807, 2.05) is 18.4 Å². The highest BCUT2D eigenvalue weighted by atomic mass is 32.1. The maximum absolute atomic E-state index is 11.8. The van der Waals surface area contributed by atoms with Gasteiger partial charge in [-0.3, -0.25) is 4.79 Å². The highest BCUT2D eigenvalue weighted by molar-refractivity contribution is 7.09. The van der Waals surface area contributed by atoms with Gasteiger partial charge in [-0.2, -0.15) is 0 Å². The Morgan fingerprint density at radius 3 is 2.88 bits per heavy atom. The molecule has 0 aliphatic rings. The molecule has 0 radical (unpaired) electrons. The highest BCUT2D eigenvalue weighted by Crippen LogP contribution is 2.11. The summed E-state index contributed by atoms with van der Waals surface area (Å²) in [5, 5.41) is 11.1. The lowest BCUT2D eigenvalue weighted by Gasteiger charge is -2.21. The van der Waals surface area contributed by atoms with E-state index in [2.05, 4.69) is 6.07 Å². The lowest BCUT2D eigenvalue weighted by Crippen LogP contribution is -2.35. The number of likely N-dealkylation sites (N-methyl/N-ethyl adjacent to an activating group) is 1. The molecule has 0 aromatic carbocycles. The number of aliphatic hydroxyl groups excluding tert-OH is 1. The van der Waals surface area contributed by atoms with Crippen LogP contribution in [0.4, 0.5) is 0 Å². The van der Waals surface area contributed by atoms with Crippen molar-refractivity contribution in [3.8, 4) is 0 Å². The lowest BCUT2D eigenvalue weighted by molar-refractivity contribution is -0.135. The molecule has 1 aromatic heterocycles. The third-order valence-corrected chi connectivity index (χ3v) is 3.65. The zero-order valence-electron chi connectivity index (χ0n) is 9.85. The molecule has 16 heavy (non-hydrogen) atoms. The zero-order valence-corrected chi connectivity index (χ0v) is 10.7. The van der Waals surface area contributed by atoms with Gasteiger partial charge in [-0.05, 0) is 24.3 Å². The number of thiophene rings is 1. The minimum Gasteiger partial charge on any atom is -0.396 e. The minimum absolute atomic E-state index is 0.0431. The van der Waals surface area contributed by atoms with Gasteiger partial charge >= 0.3 is 0 Å². The van der Waals surface area contributed by atoms with Gasteiger partial charge in [0.2, 0.25) is 5.91 Å². The molecule has 1 rings (SSSR count). The molecule has 1 unspecified atom stereocenters. The van der Waals surface area contributed by atoms with Crippen molar-refractivity contribution < 1.29 is 9.90 Å². The maximum atomic E-state index is 11.8. The Morgan fingerprint density at radius 1 is 1.62 bits per heavy atom. The quantitative estimate of drug-likeness (QED) is 0.824. The predicted molar refractivity (Wildman–Crippen MR) is 66.5 cm³/mol. The van der Waals surface area contributed by atoms with Crippen LogP contribution in [0.15, 0.2) is 17.5 Å². The SMILES string of the molecule is CCC(CO)C(=O)N(C)CCc1cccs1. The first-order valence-electron chi connectivity index (χ1n) is 5.57. The zero-order chi connectivity index (χ0) is 12.0. The summed E-state index contributed by atoms with van der Waals surface area (Å²) in [5.41, 5.74) is 0. The molecule has 1 atom stereocenters. The van der Waals surface area contributed by atoms with Crippen LogP contribution in [-0.2, 0) is 11.2 Å². The normalized spacial score (nSPS) is 12.4. The summed E-state index contributed by atoms with van der Waals surface area (Å²) in [6.07, 6.45) is 1.58. The second-order valence-corrected chi connectivity index (χ2v) is 4.91. The van der Waals surface area contributed by atoms with Gasteiger partial charge in [0.05, 0.1) is 12.5 Å². The van der Waals surface area contributed by atoms with Gasteiger partial charge in [0.1, 0.15) is 0 Å². The molecule has 1 N–H and O–H groups in total. The van der Waals surface area contributed by atoms with Crippen molar-refractivity contribution in [1.82, 2.24) is 4.90 Å². The number of carbonyl (C=O) groups excluding carboxylic acids is 1. The summed E-state index contributed by atoms with van der Waals surface area (Å²) in [6.45, 7) is 2.58. The third kappa shape index (κ3) is 3.61. The largest absolute Gasteiger partial charge is 0.396 e. The molecule has 1 heterocycles. The minimum atomic E-state index is -0.242. The van der Waals surface area contributed by atoms with Crippen LogP contribution in [0, 0.1) is 5.92 Å². The number of nitrogens with zero attached hydrogens (tertiary/aromatic N) is 1. The third-order valence-electron chi connectivity index (χ3n) is 2.71. The predicted octanol–water partition coefficient (Wildman–Crippen LogP) is 1.77. The average Bonchev–Trinajstić information content (AvgIpc) is 2.80. The van der Waals surface area contributed by atoms with E-state index in [0.29, 0.717) is 6.42 Å². The number of hydrogen-bond donors (Lipinski definition) is 1. The van der Waals surface area contributed by atoms with Crippen molar-refractivity contribution >= 4 is 17.2 Å². The van der Waals surface area contributed by atoms with Gasteiger partial charge in [0.25, 0.3) is 0 Å². The second kappa shape index (κ2) is 6.66. The van der Waals surface area contributed by atoms with Crippen molar-refractivity contribution in [2.75, 3.05) is 20.2 Å². The van der Waals surface area contributed by atoms with Crippen LogP contribution in [0.5, 0.6) is 0 Å². The van der Waals surface area contributed by atoms with Crippen LogP contribution in [0.3, 0.4) is 0 Å². The Labute approximate surface area is 101 Å². The van der Waals surface area contributed by atoms with E-state index in [1.165, 1.54) is 4.88 Å². The number of aliphatic hydroxyl groups is 1. The van der Waals surface area contributed by atoms with Crippen molar-refractivity contribution in [1.29, 1.82) is 0 Å². The number of rotatable bonds is 6. The van der Waals surface area contributed by atoms with E-state index in [-0.39, 0.29) is 18.4 Å². The van der Waals surface area contributed by atoms with E-state index in [9.17, 15) is 4.79 Å². The molecule has 3 nitrogen and oxygen atoms in total. The molecular weight excluding hydrogens is 222 g/mol. The summed E-state index contributed by atoms with van der Waals surface area (Å²) in [6, 6.07) is 4.09. The molecule has 0 saturated heterocycles. The molecule has 1 amide bonds. The molecule has 0 fully saturated rings. The average molecular weight is 241 g/mol. The number of hydrogen-bond acceptors (Lipinski definition) is 3. The standard InChI is InChI=1S/C12H19NO2S/c1-3-10(9-14)12(15)13(2)7-6-11-5-4-8-16-11/h4-5,8,10,14H,3,6-7,9H2,1-2H3. The molecule has 0 bridgehead atoms. The van der Waals surface area contributed by atoms with Crippen molar-refractivity contribution in [3.05, 3.63) is 22.4 Å². The smallest absolute Gasteiger partial charge is 0.227 e. The van der Waals surface area contributed by atoms with Crippen LogP contribution in [-0.4, -0.2) is 36.1 Å². The summed E-state index contributed by atoms with van der Waals surface area (Å²) in [5.74, 6) is -0.199. The molecule has 0 saturated carbocycles. The second-order valence-electron chi connectivity index (χ2n) is 3.88. The first kappa shape index (κ1) is 13.2. The van der Waals surface area contributed by atoms with Crippen LogP contribution < -0.4 is 0 Å². The van der Waals surface area contributed by atoms with Crippen molar-refractivity contribution in [2.45, 2.75) is 19.8 Å². The summed E-state index contributed by atoms with van der Waals surface area (Å²) < 4.78 is 0. The Morgan fingerprint density at radius 2 is 2.38 bits per heavy atom. The fraction of sp³-hybridized carbons (Fsp3) is 0.583. The highest BCUT2D eigenvalue weighted by Gasteiger charge is 2.18. The Bertz CT molecular complexity index is 307. The van der Waals surface area contributed by atoms with Gasteiger partial charge < -0.3 is 10.0 Å². The fourth-order valence-corrected chi connectivity index (χ4v) is 2.23. The Kier molecular flexibility index (Phi) is 5.49. The van der Waals surface area contributed by atoms with Gasteiger partial charge in [-0.25, -0.2) is 0 Å². The van der Waals surface area contributed by atoms with E-state index in [1.54, 1.807) is 23.3 Å². The van der Waals surface area contributed by atoms with Gasteiger partial charge in [0.15, 0.2) is 0 Å². The molecule has 0 aliphatic heterocycles. The van der Waals surface area contributed by atoms with E-state index in [0.717, 1.165) is 13.0 Å². The molecule has 1 aromatic rings. The monoisotopic (exact) mass is 241 g/mol. The summed E-state index contributed by atoms with van der Waals surface area (Å²) in [4.78, 5) is 14.8. The maximum Gasteiger partial charge on any atom is 0.227 e. The topological polar surface area (TPSA) is 40.5 Å². The van der Waals surface area contributed by atoms with Crippen LogP contribution in [0.2, 0.25) is 0 Å². The summed E-state index contributed by atoms with van der Waals surface area (Å²) in [7, 11) is 1.80. The lowest BCUT2D eigenvalue weighted by atomic mass is 10.1. The Balaban J connectivity index is 2.39. The van der Waals surface area contributed by atoms with Gasteiger partial charge in [0, 0.05) is 18.5 Å². The van der Waals surface area contributed by atoms with Crippen LogP contribution in [0.25, 0.3) is 0 Å². The number of carbonyl (C=O) groups is 1. The fourth-order valence-electron chi connectivity index (χ4n) is 1.54. The summed E-state index contributed by atoms with van der Waals surface area (Å²) >= 11 is 1.71. The molecule has 90 valence electrons. The first-order chi connectivity index (χ1) is 7.69. The van der Waals surface area contributed by atoms with Crippen LogP contribution >= 0.6 is 11.3 Å². The van der Waals surface area contributed by atoms with Crippen molar-refractivity contribution in [2.24, 2.45) is 5.92 Å². The van der Waals surface area contributed by atoms with E-state index in [4.69, 9.17) is 5.11 Å². The van der Waals surface area contributed by atoms with E-state index < -0.39 is 0 Å². The number of amides is 1.